The molecule has 0 fully saturated rings. The zero-order valence-electron chi connectivity index (χ0n) is 18.9. The Labute approximate surface area is 194 Å². The van der Waals surface area contributed by atoms with Gasteiger partial charge in [-0.15, -0.1) is 0 Å². The van der Waals surface area contributed by atoms with Gasteiger partial charge in [-0.2, -0.15) is 0 Å². The van der Waals surface area contributed by atoms with E-state index in [0.717, 1.165) is 25.7 Å². The summed E-state index contributed by atoms with van der Waals surface area (Å²) in [5.41, 5.74) is 5.56. The van der Waals surface area contributed by atoms with Gasteiger partial charge in [0.1, 0.15) is 6.61 Å². The first-order valence-electron chi connectivity index (χ1n) is 11.6. The van der Waals surface area contributed by atoms with Crippen LogP contribution in [-0.4, -0.2) is 30.3 Å². The molecule has 0 aliphatic heterocycles. The van der Waals surface area contributed by atoms with E-state index in [-0.39, 0.29) is 18.1 Å². The number of carbonyl (C=O) groups is 2. The van der Waals surface area contributed by atoms with Gasteiger partial charge >= 0.3 is 12.1 Å². The standard InChI is InChI=1S/C28H29NO4/c1-2-3-4-9-18-29(21-16-14-20(15-17-21)27(30)31)28(32)33-19-26-24-12-7-5-10-22(24)23-11-6-8-13-25(23)26/h5-8,10-17,26H,2-4,9,18-19H2,1H3,(H,30,31). The van der Waals surface area contributed by atoms with Crippen molar-refractivity contribution in [2.45, 2.75) is 38.5 Å². The van der Waals surface area contributed by atoms with E-state index in [1.54, 1.807) is 17.0 Å². The highest BCUT2D eigenvalue weighted by Crippen LogP contribution is 2.44. The maximum Gasteiger partial charge on any atom is 0.414 e. The Morgan fingerprint density at radius 1 is 0.848 bits per heavy atom. The number of unbranched alkanes of at least 4 members (excludes halogenated alkanes) is 3. The van der Waals surface area contributed by atoms with Crippen LogP contribution in [0.5, 0.6) is 0 Å². The van der Waals surface area contributed by atoms with E-state index in [0.29, 0.717) is 12.2 Å². The van der Waals surface area contributed by atoms with Crippen molar-refractivity contribution in [1.29, 1.82) is 0 Å². The lowest BCUT2D eigenvalue weighted by Gasteiger charge is -2.24. The first-order valence-corrected chi connectivity index (χ1v) is 11.6. The number of hydrogen-bond donors (Lipinski definition) is 1. The van der Waals surface area contributed by atoms with Crippen molar-refractivity contribution in [2.24, 2.45) is 0 Å². The average Bonchev–Trinajstić information content (AvgIpc) is 3.16. The second-order valence-electron chi connectivity index (χ2n) is 8.37. The van der Waals surface area contributed by atoms with Gasteiger partial charge in [0.2, 0.25) is 0 Å². The molecule has 1 aliphatic carbocycles. The smallest absolute Gasteiger partial charge is 0.414 e. The second kappa shape index (κ2) is 10.3. The first-order chi connectivity index (χ1) is 16.1. The number of amides is 1. The molecular weight excluding hydrogens is 414 g/mol. The molecule has 0 unspecified atom stereocenters. The summed E-state index contributed by atoms with van der Waals surface area (Å²) in [5, 5.41) is 9.18. The van der Waals surface area contributed by atoms with Crippen molar-refractivity contribution < 1.29 is 19.4 Å². The fourth-order valence-electron chi connectivity index (χ4n) is 4.48. The van der Waals surface area contributed by atoms with Gasteiger partial charge in [-0.1, -0.05) is 74.7 Å². The molecule has 3 aromatic carbocycles. The molecule has 5 heteroatoms. The van der Waals surface area contributed by atoms with Crippen LogP contribution in [0.2, 0.25) is 0 Å². The highest BCUT2D eigenvalue weighted by atomic mass is 16.6. The fourth-order valence-corrected chi connectivity index (χ4v) is 4.48. The Morgan fingerprint density at radius 2 is 1.45 bits per heavy atom. The summed E-state index contributed by atoms with van der Waals surface area (Å²) >= 11 is 0. The first kappa shape index (κ1) is 22.6. The largest absolute Gasteiger partial charge is 0.478 e. The number of benzene rings is 3. The molecule has 33 heavy (non-hydrogen) atoms. The van der Waals surface area contributed by atoms with Gasteiger partial charge < -0.3 is 9.84 Å². The molecule has 170 valence electrons. The molecule has 0 atom stereocenters. The highest BCUT2D eigenvalue weighted by molar-refractivity contribution is 5.91. The van der Waals surface area contributed by atoms with Gasteiger partial charge in [0.15, 0.2) is 0 Å². The van der Waals surface area contributed by atoms with Gasteiger partial charge in [-0.3, -0.25) is 4.90 Å². The molecule has 1 amide bonds. The summed E-state index contributed by atoms with van der Waals surface area (Å²) < 4.78 is 5.86. The Bertz CT molecular complexity index is 1080. The highest BCUT2D eigenvalue weighted by Gasteiger charge is 2.30. The summed E-state index contributed by atoms with van der Waals surface area (Å²) in [4.78, 5) is 26.0. The topological polar surface area (TPSA) is 66.8 Å². The predicted molar refractivity (Wildman–Crippen MR) is 130 cm³/mol. The summed E-state index contributed by atoms with van der Waals surface area (Å²) in [6, 6.07) is 22.9. The Hall–Kier alpha value is -3.60. The molecule has 0 saturated carbocycles. The quantitative estimate of drug-likeness (QED) is 0.373. The van der Waals surface area contributed by atoms with E-state index >= 15 is 0 Å². The third-order valence-electron chi connectivity index (χ3n) is 6.22. The molecule has 3 aromatic rings. The van der Waals surface area contributed by atoms with E-state index in [9.17, 15) is 14.7 Å². The lowest BCUT2D eigenvalue weighted by atomic mass is 9.98. The number of carbonyl (C=O) groups excluding carboxylic acids is 1. The molecule has 0 radical (unpaired) electrons. The molecule has 1 N–H and O–H groups in total. The lowest BCUT2D eigenvalue weighted by molar-refractivity contribution is 0.0697. The van der Waals surface area contributed by atoms with Crippen LogP contribution in [0.3, 0.4) is 0 Å². The van der Waals surface area contributed by atoms with Crippen LogP contribution in [0, 0.1) is 0 Å². The zero-order valence-corrected chi connectivity index (χ0v) is 18.9. The molecule has 0 bridgehead atoms. The van der Waals surface area contributed by atoms with E-state index < -0.39 is 12.1 Å². The molecule has 0 spiro atoms. The van der Waals surface area contributed by atoms with Crippen molar-refractivity contribution >= 4 is 17.7 Å². The van der Waals surface area contributed by atoms with Crippen LogP contribution in [0.4, 0.5) is 10.5 Å². The van der Waals surface area contributed by atoms with E-state index in [4.69, 9.17) is 4.74 Å². The molecule has 4 rings (SSSR count). The van der Waals surface area contributed by atoms with Crippen molar-refractivity contribution in [3.63, 3.8) is 0 Å². The normalized spacial score (nSPS) is 12.2. The second-order valence-corrected chi connectivity index (χ2v) is 8.37. The van der Waals surface area contributed by atoms with Crippen LogP contribution in [0.25, 0.3) is 11.1 Å². The zero-order chi connectivity index (χ0) is 23.2. The Kier molecular flexibility index (Phi) is 7.08. The van der Waals surface area contributed by atoms with E-state index in [2.05, 4.69) is 31.2 Å². The summed E-state index contributed by atoms with van der Waals surface area (Å²) in [7, 11) is 0. The van der Waals surface area contributed by atoms with Gasteiger partial charge in [-0.05, 0) is 52.9 Å². The number of rotatable bonds is 9. The van der Waals surface area contributed by atoms with E-state index in [1.807, 2.05) is 24.3 Å². The third kappa shape index (κ3) is 4.92. The molecule has 5 nitrogen and oxygen atoms in total. The number of nitrogens with zero attached hydrogens (tertiary/aromatic N) is 1. The SMILES string of the molecule is CCCCCCN(C(=O)OCC1c2ccccc2-c2ccccc21)c1ccc(C(=O)O)cc1. The number of ether oxygens (including phenoxy) is 1. The summed E-state index contributed by atoms with van der Waals surface area (Å²) in [6.45, 7) is 2.93. The van der Waals surface area contributed by atoms with Gasteiger partial charge in [0.05, 0.1) is 5.56 Å². The third-order valence-corrected chi connectivity index (χ3v) is 6.22. The average molecular weight is 444 g/mol. The lowest BCUT2D eigenvalue weighted by Crippen LogP contribution is -2.33. The monoisotopic (exact) mass is 443 g/mol. The van der Waals surface area contributed by atoms with Gasteiger partial charge in [0, 0.05) is 18.2 Å². The maximum absolute atomic E-state index is 13.2. The molecular formula is C28H29NO4. The number of fused-ring (bicyclic) bond motifs is 3. The Morgan fingerprint density at radius 3 is 2.03 bits per heavy atom. The van der Waals surface area contributed by atoms with Gasteiger partial charge in [0.25, 0.3) is 0 Å². The number of carboxylic acids is 1. The predicted octanol–water partition coefficient (Wildman–Crippen LogP) is 6.72. The van der Waals surface area contributed by atoms with Gasteiger partial charge in [-0.25, -0.2) is 9.59 Å². The molecule has 0 saturated heterocycles. The van der Waals surface area contributed by atoms with Crippen LogP contribution in [-0.2, 0) is 4.74 Å². The number of anilines is 1. The maximum atomic E-state index is 13.2. The summed E-state index contributed by atoms with van der Waals surface area (Å²) in [5.74, 6) is -0.991. The molecule has 1 aliphatic rings. The molecule has 0 heterocycles. The van der Waals surface area contributed by atoms with Crippen molar-refractivity contribution in [3.05, 3.63) is 89.5 Å². The van der Waals surface area contributed by atoms with Crippen molar-refractivity contribution in [3.8, 4) is 11.1 Å². The van der Waals surface area contributed by atoms with Crippen LogP contribution in [0.15, 0.2) is 72.8 Å². The minimum Gasteiger partial charge on any atom is -0.478 e. The summed E-state index contributed by atoms with van der Waals surface area (Å²) in [6.07, 6.45) is 3.70. The fraction of sp³-hybridized carbons (Fsp3) is 0.286. The number of aromatic carboxylic acids is 1. The van der Waals surface area contributed by atoms with E-state index in [1.165, 1.54) is 34.4 Å². The number of hydrogen-bond acceptors (Lipinski definition) is 3. The van der Waals surface area contributed by atoms with Crippen molar-refractivity contribution in [1.82, 2.24) is 0 Å². The van der Waals surface area contributed by atoms with Crippen molar-refractivity contribution in [2.75, 3.05) is 18.1 Å². The molecule has 0 aromatic heterocycles. The van der Waals surface area contributed by atoms with Crippen LogP contribution < -0.4 is 4.90 Å². The van der Waals surface area contributed by atoms with Crippen LogP contribution in [0.1, 0.15) is 60.0 Å². The minimum absolute atomic E-state index is 0.00215. The minimum atomic E-state index is -0.989. The number of carboxylic acid groups (broad SMARTS) is 1. The van der Waals surface area contributed by atoms with Crippen LogP contribution >= 0.6 is 0 Å². The Balaban J connectivity index is 1.51.